The molecule has 0 atom stereocenters. The number of hydrogen-bond donors (Lipinski definition) is 1. The fourth-order valence-electron chi connectivity index (χ4n) is 2.32. The Morgan fingerprint density at radius 1 is 0.714 bits per heavy atom. The Kier molecular flexibility index (Phi) is 8.96. The van der Waals surface area contributed by atoms with Gasteiger partial charge in [0.05, 0.1) is 6.61 Å². The average Bonchev–Trinajstić information content (AvgIpc) is 2.68. The number of aliphatic hydroxyl groups is 1. The molecule has 28 heavy (non-hydrogen) atoms. The molecule has 0 aliphatic heterocycles. The Morgan fingerprint density at radius 3 is 1.29 bits per heavy atom. The Bertz CT molecular complexity index is 647. The van der Waals surface area contributed by atoms with E-state index in [9.17, 15) is 17.6 Å². The van der Waals surface area contributed by atoms with Gasteiger partial charge < -0.3 is 5.11 Å². The van der Waals surface area contributed by atoms with E-state index in [2.05, 4.69) is 0 Å². The van der Waals surface area contributed by atoms with E-state index >= 15 is 0 Å². The quantitative estimate of drug-likeness (QED) is 0.391. The first-order valence-electron chi connectivity index (χ1n) is 9.08. The Balaban J connectivity index is 0.000000280. The van der Waals surface area contributed by atoms with E-state index in [1.165, 1.54) is 64.1 Å². The Labute approximate surface area is 169 Å². The van der Waals surface area contributed by atoms with Crippen LogP contribution in [0, 0.1) is 11.8 Å². The monoisotopic (exact) mass is 418 g/mol. The van der Waals surface area contributed by atoms with Crippen molar-refractivity contribution in [3.8, 4) is 0 Å². The van der Waals surface area contributed by atoms with E-state index < -0.39 is 23.7 Å². The van der Waals surface area contributed by atoms with Crippen LogP contribution in [0.15, 0.2) is 48.5 Å². The molecular weight excluding hydrogens is 392 g/mol. The van der Waals surface area contributed by atoms with Gasteiger partial charge in [-0.3, -0.25) is 0 Å². The maximum absolute atomic E-state index is 13.5. The minimum Gasteiger partial charge on any atom is -0.392 e. The lowest BCUT2D eigenvalue weighted by Gasteiger charge is -2.20. The summed E-state index contributed by atoms with van der Waals surface area (Å²) in [5.74, 6) is -6.61. The third-order valence-electron chi connectivity index (χ3n) is 4.46. The van der Waals surface area contributed by atoms with Crippen molar-refractivity contribution in [3.63, 3.8) is 0 Å². The van der Waals surface area contributed by atoms with Gasteiger partial charge in [0, 0.05) is 28.8 Å². The highest BCUT2D eigenvalue weighted by molar-refractivity contribution is 6.17. The van der Waals surface area contributed by atoms with E-state index in [4.69, 9.17) is 16.7 Å². The molecule has 2 aromatic rings. The third-order valence-corrected chi connectivity index (χ3v) is 4.77. The standard InChI is InChI=1S/C11H13ClF2.C11H14F2O/c1-8(2)11(13,14)10-5-3-9(7-12)4-6-10;1-8(2)11(12,13)10-5-3-9(7-14)4-6-10/h3-6,8H,7H2,1-2H3;3-6,8,14H,7H2,1-2H3. The topological polar surface area (TPSA) is 20.2 Å². The lowest BCUT2D eigenvalue weighted by Crippen LogP contribution is -2.20. The maximum Gasteiger partial charge on any atom is 0.275 e. The van der Waals surface area contributed by atoms with Crippen molar-refractivity contribution in [2.75, 3.05) is 0 Å². The molecular formula is C22H27ClF4O. The molecule has 156 valence electrons. The molecule has 1 N–H and O–H groups in total. The first-order valence-corrected chi connectivity index (χ1v) is 9.61. The molecule has 0 amide bonds. The average molecular weight is 419 g/mol. The zero-order valence-corrected chi connectivity index (χ0v) is 17.3. The third kappa shape index (κ3) is 6.21. The smallest absolute Gasteiger partial charge is 0.275 e. The van der Waals surface area contributed by atoms with Gasteiger partial charge in [0.1, 0.15) is 0 Å². The highest BCUT2D eigenvalue weighted by Crippen LogP contribution is 2.36. The highest BCUT2D eigenvalue weighted by Gasteiger charge is 2.35. The summed E-state index contributed by atoms with van der Waals surface area (Å²) in [6.07, 6.45) is 0. The normalized spacial score (nSPS) is 12.1. The van der Waals surface area contributed by atoms with Crippen molar-refractivity contribution >= 4 is 11.6 Å². The molecule has 0 aliphatic carbocycles. The van der Waals surface area contributed by atoms with Gasteiger partial charge >= 0.3 is 0 Å². The molecule has 0 radical (unpaired) electrons. The fraction of sp³-hybridized carbons (Fsp3) is 0.455. The molecule has 0 spiro atoms. The van der Waals surface area contributed by atoms with Gasteiger partial charge in [-0.1, -0.05) is 76.2 Å². The number of hydrogen-bond acceptors (Lipinski definition) is 1. The summed E-state index contributed by atoms with van der Waals surface area (Å²) in [5, 5.41) is 8.75. The number of alkyl halides is 5. The highest BCUT2D eigenvalue weighted by atomic mass is 35.5. The van der Waals surface area contributed by atoms with Crippen LogP contribution >= 0.6 is 11.6 Å². The first-order chi connectivity index (χ1) is 13.0. The minimum absolute atomic E-state index is 0.00435. The van der Waals surface area contributed by atoms with Gasteiger partial charge in [-0.25, -0.2) is 17.6 Å². The van der Waals surface area contributed by atoms with Crippen LogP contribution in [0.4, 0.5) is 17.6 Å². The second kappa shape index (κ2) is 10.3. The largest absolute Gasteiger partial charge is 0.392 e. The van der Waals surface area contributed by atoms with Gasteiger partial charge in [-0.05, 0) is 11.1 Å². The van der Waals surface area contributed by atoms with Gasteiger partial charge in [0.2, 0.25) is 0 Å². The summed E-state index contributed by atoms with van der Waals surface area (Å²) in [7, 11) is 0. The summed E-state index contributed by atoms with van der Waals surface area (Å²) in [6.45, 7) is 5.87. The molecule has 0 aliphatic rings. The number of benzene rings is 2. The number of rotatable bonds is 6. The van der Waals surface area contributed by atoms with E-state index in [1.54, 1.807) is 12.1 Å². The second-order valence-electron chi connectivity index (χ2n) is 7.24. The van der Waals surface area contributed by atoms with Crippen LogP contribution in [0.1, 0.15) is 49.9 Å². The van der Waals surface area contributed by atoms with Crippen LogP contribution < -0.4 is 0 Å². The van der Waals surface area contributed by atoms with Crippen LogP contribution in [-0.2, 0) is 24.3 Å². The molecule has 6 heteroatoms. The van der Waals surface area contributed by atoms with E-state index in [-0.39, 0.29) is 17.7 Å². The molecule has 0 saturated heterocycles. The predicted octanol–water partition coefficient (Wildman–Crippen LogP) is 7.10. The van der Waals surface area contributed by atoms with Crippen LogP contribution in [-0.4, -0.2) is 5.11 Å². The molecule has 1 nitrogen and oxygen atoms in total. The Hall–Kier alpha value is -1.59. The summed E-state index contributed by atoms with van der Waals surface area (Å²) in [6, 6.07) is 11.9. The SMILES string of the molecule is CC(C)C(F)(F)c1ccc(CCl)cc1.CC(C)C(F)(F)c1ccc(CO)cc1. The summed E-state index contributed by atoms with van der Waals surface area (Å²) < 4.78 is 53.9. The van der Waals surface area contributed by atoms with E-state index in [0.29, 0.717) is 11.4 Å². The Morgan fingerprint density at radius 2 is 1.04 bits per heavy atom. The number of halogens is 5. The molecule has 0 saturated carbocycles. The molecule has 0 fully saturated rings. The zero-order chi connectivity index (χ0) is 21.5. The molecule has 0 aromatic heterocycles. The van der Waals surface area contributed by atoms with E-state index in [1.807, 2.05) is 0 Å². The van der Waals surface area contributed by atoms with Gasteiger partial charge in [0.15, 0.2) is 0 Å². The lowest BCUT2D eigenvalue weighted by molar-refractivity contribution is -0.0517. The van der Waals surface area contributed by atoms with Crippen molar-refractivity contribution in [2.24, 2.45) is 11.8 Å². The van der Waals surface area contributed by atoms with Gasteiger partial charge in [0.25, 0.3) is 11.8 Å². The van der Waals surface area contributed by atoms with Crippen molar-refractivity contribution in [2.45, 2.75) is 52.0 Å². The summed E-state index contributed by atoms with van der Waals surface area (Å²) in [5.41, 5.74) is 1.56. The van der Waals surface area contributed by atoms with Crippen molar-refractivity contribution < 1.29 is 22.7 Å². The second-order valence-corrected chi connectivity index (χ2v) is 7.51. The molecule has 0 heterocycles. The first kappa shape index (κ1) is 24.4. The molecule has 2 aromatic carbocycles. The van der Waals surface area contributed by atoms with Crippen molar-refractivity contribution in [3.05, 3.63) is 70.8 Å². The van der Waals surface area contributed by atoms with Crippen LogP contribution in [0.5, 0.6) is 0 Å². The molecule has 0 unspecified atom stereocenters. The lowest BCUT2D eigenvalue weighted by atomic mass is 9.97. The maximum atomic E-state index is 13.5. The zero-order valence-electron chi connectivity index (χ0n) is 16.5. The van der Waals surface area contributed by atoms with Crippen LogP contribution in [0.3, 0.4) is 0 Å². The molecule has 0 bridgehead atoms. The number of aliphatic hydroxyl groups excluding tert-OH is 1. The van der Waals surface area contributed by atoms with Crippen LogP contribution in [0.25, 0.3) is 0 Å². The van der Waals surface area contributed by atoms with Gasteiger partial charge in [-0.2, -0.15) is 0 Å². The summed E-state index contributed by atoms with van der Waals surface area (Å²) >= 11 is 5.57. The van der Waals surface area contributed by atoms with Crippen LogP contribution in [0.2, 0.25) is 0 Å². The van der Waals surface area contributed by atoms with Gasteiger partial charge in [-0.15, -0.1) is 11.6 Å². The fourth-order valence-corrected chi connectivity index (χ4v) is 2.49. The van der Waals surface area contributed by atoms with Crippen molar-refractivity contribution in [1.82, 2.24) is 0 Å². The predicted molar refractivity (Wildman–Crippen MR) is 106 cm³/mol. The minimum atomic E-state index is -2.80. The molecule has 2 rings (SSSR count). The van der Waals surface area contributed by atoms with Crippen molar-refractivity contribution in [1.29, 1.82) is 0 Å². The van der Waals surface area contributed by atoms with E-state index in [0.717, 1.165) is 5.56 Å². The summed E-state index contributed by atoms with van der Waals surface area (Å²) in [4.78, 5) is 0.